The Morgan fingerprint density at radius 1 is 1.64 bits per heavy atom. The zero-order chi connectivity index (χ0) is 8.53. The lowest BCUT2D eigenvalue weighted by molar-refractivity contribution is -0.137. The number of rotatable bonds is 5. The van der Waals surface area contributed by atoms with Crippen LogP contribution in [-0.4, -0.2) is 12.6 Å². The van der Waals surface area contributed by atoms with Gasteiger partial charge in [-0.25, -0.2) is 4.79 Å². The molecule has 0 bridgehead atoms. The smallest absolute Gasteiger partial charge is 0.330 e. The number of carbonyl (C=O) groups excluding carboxylic acids is 1. The molecule has 0 fully saturated rings. The first kappa shape index (κ1) is 10.2. The van der Waals surface area contributed by atoms with E-state index in [0.717, 1.165) is 19.3 Å². The number of allylic oxidation sites excluding steroid dienone is 1. The highest BCUT2D eigenvalue weighted by atomic mass is 16.5. The number of ether oxygens (including phenoxy) is 1. The molecule has 2 heteroatoms. The van der Waals surface area contributed by atoms with Crippen LogP contribution in [0.15, 0.2) is 12.2 Å². The Labute approximate surface area is 68.2 Å². The van der Waals surface area contributed by atoms with Gasteiger partial charge in [0.05, 0.1) is 6.61 Å². The first-order valence-corrected chi connectivity index (χ1v) is 3.93. The third-order valence-electron chi connectivity index (χ3n) is 1.13. The van der Waals surface area contributed by atoms with Crippen molar-refractivity contribution in [1.29, 1.82) is 0 Å². The molecule has 0 heterocycles. The Bertz CT molecular complexity index is 128. The minimum atomic E-state index is -0.250. The van der Waals surface area contributed by atoms with Crippen LogP contribution in [-0.2, 0) is 9.53 Å². The van der Waals surface area contributed by atoms with E-state index < -0.39 is 0 Å². The van der Waals surface area contributed by atoms with Crippen molar-refractivity contribution < 1.29 is 9.53 Å². The molecule has 2 nitrogen and oxygen atoms in total. The summed E-state index contributed by atoms with van der Waals surface area (Å²) in [6, 6.07) is 0. The van der Waals surface area contributed by atoms with Crippen molar-refractivity contribution in [2.24, 2.45) is 0 Å². The number of esters is 1. The summed E-state index contributed by atoms with van der Waals surface area (Å²) >= 11 is 0. The minimum Gasteiger partial charge on any atom is -0.463 e. The quantitative estimate of drug-likeness (QED) is 0.345. The topological polar surface area (TPSA) is 26.3 Å². The molecule has 0 saturated heterocycles. The number of carbonyl (C=O) groups is 1. The molecule has 63 valence electrons. The van der Waals surface area contributed by atoms with E-state index in [1.54, 1.807) is 6.08 Å². The third kappa shape index (κ3) is 7.10. The van der Waals surface area contributed by atoms with Crippen molar-refractivity contribution in [3.63, 3.8) is 0 Å². The van der Waals surface area contributed by atoms with Gasteiger partial charge in [0.25, 0.3) is 0 Å². The molecule has 0 atom stereocenters. The van der Waals surface area contributed by atoms with Crippen LogP contribution in [0.1, 0.15) is 26.2 Å². The molecule has 0 unspecified atom stereocenters. The van der Waals surface area contributed by atoms with E-state index in [1.165, 1.54) is 6.08 Å². The summed E-state index contributed by atoms with van der Waals surface area (Å²) in [6.07, 6.45) is 5.76. The predicted octanol–water partition coefficient (Wildman–Crippen LogP) is 2.11. The van der Waals surface area contributed by atoms with Crippen molar-refractivity contribution in [3.05, 3.63) is 19.1 Å². The summed E-state index contributed by atoms with van der Waals surface area (Å²) < 4.78 is 4.82. The standard InChI is InChI=1S/C9H15O2/c1-3-5-7-9(10)11-8-6-4-2/h5,7H,2-4,6,8H2,1H3. The second-order valence-electron chi connectivity index (χ2n) is 2.19. The summed E-state index contributed by atoms with van der Waals surface area (Å²) in [5, 5.41) is 0. The van der Waals surface area contributed by atoms with Crippen molar-refractivity contribution in [3.8, 4) is 0 Å². The molecule has 0 aliphatic carbocycles. The lowest BCUT2D eigenvalue weighted by atomic mass is 10.4. The second kappa shape index (κ2) is 7.32. The molecule has 0 N–H and O–H groups in total. The largest absolute Gasteiger partial charge is 0.463 e. The third-order valence-corrected chi connectivity index (χ3v) is 1.13. The average Bonchev–Trinajstić information content (AvgIpc) is 2.01. The summed E-state index contributed by atoms with van der Waals surface area (Å²) in [4.78, 5) is 10.7. The molecule has 0 aromatic rings. The highest BCUT2D eigenvalue weighted by Crippen LogP contribution is 1.89. The highest BCUT2D eigenvalue weighted by Gasteiger charge is 1.93. The molecule has 0 amide bonds. The molecule has 0 spiro atoms. The van der Waals surface area contributed by atoms with E-state index >= 15 is 0 Å². The highest BCUT2D eigenvalue weighted by molar-refractivity contribution is 5.81. The van der Waals surface area contributed by atoms with E-state index in [4.69, 9.17) is 4.74 Å². The maximum absolute atomic E-state index is 10.7. The summed E-state index contributed by atoms with van der Waals surface area (Å²) in [5.41, 5.74) is 0. The summed E-state index contributed by atoms with van der Waals surface area (Å²) in [7, 11) is 0. The van der Waals surface area contributed by atoms with Crippen molar-refractivity contribution in [2.45, 2.75) is 26.2 Å². The lowest BCUT2D eigenvalue weighted by Crippen LogP contribution is -2.01. The van der Waals surface area contributed by atoms with Gasteiger partial charge in [0.2, 0.25) is 0 Å². The Kier molecular flexibility index (Phi) is 6.79. The molecular weight excluding hydrogens is 140 g/mol. The summed E-state index contributed by atoms with van der Waals surface area (Å²) in [6.45, 7) is 6.09. The molecule has 1 radical (unpaired) electrons. The predicted molar refractivity (Wildman–Crippen MR) is 45.0 cm³/mol. The van der Waals surface area contributed by atoms with Gasteiger partial charge in [0.1, 0.15) is 0 Å². The van der Waals surface area contributed by atoms with E-state index in [0.29, 0.717) is 6.61 Å². The summed E-state index contributed by atoms with van der Waals surface area (Å²) in [5.74, 6) is -0.250. The lowest BCUT2D eigenvalue weighted by Gasteiger charge is -1.98. The monoisotopic (exact) mass is 155 g/mol. The van der Waals surface area contributed by atoms with Crippen LogP contribution >= 0.6 is 0 Å². The van der Waals surface area contributed by atoms with Gasteiger partial charge < -0.3 is 4.74 Å². The van der Waals surface area contributed by atoms with Gasteiger partial charge in [-0.15, -0.1) is 0 Å². The van der Waals surface area contributed by atoms with E-state index in [1.807, 2.05) is 6.92 Å². The van der Waals surface area contributed by atoms with Gasteiger partial charge in [-0.3, -0.25) is 0 Å². The fraction of sp³-hybridized carbons (Fsp3) is 0.556. The van der Waals surface area contributed by atoms with E-state index in [2.05, 4.69) is 6.92 Å². The number of hydrogen-bond donors (Lipinski definition) is 0. The second-order valence-corrected chi connectivity index (χ2v) is 2.19. The Hall–Kier alpha value is -0.790. The average molecular weight is 155 g/mol. The molecule has 0 saturated carbocycles. The molecule has 11 heavy (non-hydrogen) atoms. The fourth-order valence-electron chi connectivity index (χ4n) is 0.537. The van der Waals surface area contributed by atoms with Crippen LogP contribution in [0.2, 0.25) is 0 Å². The van der Waals surface area contributed by atoms with Crippen molar-refractivity contribution in [1.82, 2.24) is 0 Å². The van der Waals surface area contributed by atoms with Crippen LogP contribution in [0, 0.1) is 6.92 Å². The molecule has 0 aromatic carbocycles. The van der Waals surface area contributed by atoms with Crippen LogP contribution in [0.3, 0.4) is 0 Å². The van der Waals surface area contributed by atoms with Gasteiger partial charge in [0, 0.05) is 6.08 Å². The number of unbranched alkanes of at least 4 members (excludes halogenated alkanes) is 1. The number of hydrogen-bond acceptors (Lipinski definition) is 2. The van der Waals surface area contributed by atoms with Crippen molar-refractivity contribution in [2.75, 3.05) is 6.61 Å². The van der Waals surface area contributed by atoms with Crippen LogP contribution in [0.4, 0.5) is 0 Å². The van der Waals surface area contributed by atoms with Crippen LogP contribution < -0.4 is 0 Å². The van der Waals surface area contributed by atoms with Gasteiger partial charge in [-0.2, -0.15) is 0 Å². The Morgan fingerprint density at radius 3 is 2.91 bits per heavy atom. The maximum Gasteiger partial charge on any atom is 0.330 e. The zero-order valence-electron chi connectivity index (χ0n) is 7.01. The van der Waals surface area contributed by atoms with E-state index in [9.17, 15) is 4.79 Å². The van der Waals surface area contributed by atoms with E-state index in [-0.39, 0.29) is 5.97 Å². The fourth-order valence-corrected chi connectivity index (χ4v) is 0.537. The normalized spacial score (nSPS) is 10.4. The van der Waals surface area contributed by atoms with Crippen LogP contribution in [0.5, 0.6) is 0 Å². The van der Waals surface area contributed by atoms with Crippen molar-refractivity contribution >= 4 is 5.97 Å². The Balaban J connectivity index is 3.30. The first-order chi connectivity index (χ1) is 5.31. The van der Waals surface area contributed by atoms with Gasteiger partial charge in [-0.05, 0) is 12.8 Å². The van der Waals surface area contributed by atoms with Gasteiger partial charge >= 0.3 is 5.97 Å². The maximum atomic E-state index is 10.7. The molecule has 0 aromatic heterocycles. The first-order valence-electron chi connectivity index (χ1n) is 3.93. The van der Waals surface area contributed by atoms with Crippen LogP contribution in [0.25, 0.3) is 0 Å². The zero-order valence-corrected chi connectivity index (χ0v) is 7.01. The van der Waals surface area contributed by atoms with Gasteiger partial charge in [-0.1, -0.05) is 26.3 Å². The SMILES string of the molecule is [CH2]CCCOC(=O)C=CCC. The molecule has 0 rings (SSSR count). The minimum absolute atomic E-state index is 0.250. The Morgan fingerprint density at radius 2 is 2.36 bits per heavy atom. The molecular formula is C9H15O2. The molecule has 0 aliphatic rings. The van der Waals surface area contributed by atoms with Gasteiger partial charge in [0.15, 0.2) is 0 Å². The molecule has 0 aliphatic heterocycles.